The molecule has 0 aliphatic heterocycles. The molecule has 0 atom stereocenters. The molecule has 128 valence electrons. The minimum Gasteiger partial charge on any atom is -0.507 e. The summed E-state index contributed by atoms with van der Waals surface area (Å²) in [6, 6.07) is 17.7. The van der Waals surface area contributed by atoms with Gasteiger partial charge in [-0.15, -0.1) is 0 Å². The number of rotatable bonds is 4. The van der Waals surface area contributed by atoms with Crippen LogP contribution in [0.5, 0.6) is 5.75 Å². The van der Waals surface area contributed by atoms with E-state index in [0.717, 1.165) is 22.5 Å². The average molecular weight is 344 g/mol. The predicted octanol–water partition coefficient (Wildman–Crippen LogP) is 3.33. The highest BCUT2D eigenvalue weighted by Crippen LogP contribution is 2.20. The molecule has 0 aliphatic rings. The van der Waals surface area contributed by atoms with Crippen LogP contribution in [-0.2, 0) is 0 Å². The Morgan fingerprint density at radius 3 is 2.73 bits per heavy atom. The molecule has 0 spiro atoms. The van der Waals surface area contributed by atoms with E-state index in [1.54, 1.807) is 6.21 Å². The van der Waals surface area contributed by atoms with E-state index in [4.69, 9.17) is 5.26 Å². The van der Waals surface area contributed by atoms with Gasteiger partial charge in [-0.1, -0.05) is 30.3 Å². The minimum atomic E-state index is -0.464. The Morgan fingerprint density at radius 2 is 2.00 bits per heavy atom. The molecule has 2 aromatic carbocycles. The summed E-state index contributed by atoms with van der Waals surface area (Å²) in [7, 11) is 0. The number of aromatic hydroxyl groups is 1. The number of amides is 1. The van der Waals surface area contributed by atoms with E-state index in [1.807, 2.05) is 49.4 Å². The topological polar surface area (TPSA) is 101 Å². The van der Waals surface area contributed by atoms with Gasteiger partial charge in [0.05, 0.1) is 11.8 Å². The van der Waals surface area contributed by atoms with Crippen LogP contribution in [0.25, 0.3) is 11.3 Å². The molecule has 1 amide bonds. The molecule has 0 aliphatic carbocycles. The lowest BCUT2D eigenvalue weighted by molar-refractivity contribution is 0.0955. The van der Waals surface area contributed by atoms with Crippen LogP contribution >= 0.6 is 0 Å². The van der Waals surface area contributed by atoms with Crippen LogP contribution in [0, 0.1) is 18.3 Å². The van der Waals surface area contributed by atoms with Crippen LogP contribution in [0.15, 0.2) is 59.7 Å². The van der Waals surface area contributed by atoms with Crippen LogP contribution in [0.1, 0.15) is 27.2 Å². The number of hydrazone groups is 1. The van der Waals surface area contributed by atoms with Gasteiger partial charge in [0, 0.05) is 22.5 Å². The number of nitrogens with zero attached hydrogens (tertiary/aromatic N) is 2. The zero-order valence-corrected chi connectivity index (χ0v) is 14.0. The summed E-state index contributed by atoms with van der Waals surface area (Å²) in [4.78, 5) is 15.4. The first-order valence-corrected chi connectivity index (χ1v) is 7.90. The van der Waals surface area contributed by atoms with Gasteiger partial charge in [0.15, 0.2) is 0 Å². The van der Waals surface area contributed by atoms with Gasteiger partial charge < -0.3 is 10.1 Å². The standard InChI is InChI=1S/C20H16N4O2/c1-13-17(10-18(23-13)14-5-3-2-4-6-14)12-22-24-20(26)15-7-8-19(25)16(9-15)11-21/h2-10,12,23,25H,1H3,(H,24,26). The third-order valence-electron chi connectivity index (χ3n) is 3.89. The summed E-state index contributed by atoms with van der Waals surface area (Å²) in [6.45, 7) is 1.93. The van der Waals surface area contributed by atoms with Gasteiger partial charge in [-0.05, 0) is 36.8 Å². The Hall–Kier alpha value is -3.85. The summed E-state index contributed by atoms with van der Waals surface area (Å²) in [5, 5.41) is 22.4. The summed E-state index contributed by atoms with van der Waals surface area (Å²) in [5.74, 6) is -0.627. The second-order valence-corrected chi connectivity index (χ2v) is 5.67. The Kier molecular flexibility index (Phi) is 4.81. The van der Waals surface area contributed by atoms with E-state index in [9.17, 15) is 9.90 Å². The summed E-state index contributed by atoms with van der Waals surface area (Å²) in [6.07, 6.45) is 1.56. The number of hydrogen-bond donors (Lipinski definition) is 3. The lowest BCUT2D eigenvalue weighted by Gasteiger charge is -2.01. The number of aromatic amines is 1. The molecule has 3 rings (SSSR count). The number of H-pyrrole nitrogens is 1. The fraction of sp³-hybridized carbons (Fsp3) is 0.0500. The van der Waals surface area contributed by atoms with Gasteiger partial charge in [0.1, 0.15) is 11.8 Å². The number of nitriles is 1. The highest BCUT2D eigenvalue weighted by atomic mass is 16.3. The van der Waals surface area contributed by atoms with Crippen molar-refractivity contribution in [3.63, 3.8) is 0 Å². The number of benzene rings is 2. The van der Waals surface area contributed by atoms with Crippen LogP contribution in [0.2, 0.25) is 0 Å². The van der Waals surface area contributed by atoms with Gasteiger partial charge in [-0.2, -0.15) is 10.4 Å². The van der Waals surface area contributed by atoms with Crippen molar-refractivity contribution >= 4 is 12.1 Å². The van der Waals surface area contributed by atoms with Gasteiger partial charge in [0.2, 0.25) is 0 Å². The number of carbonyl (C=O) groups excluding carboxylic acids is 1. The van der Waals surface area contributed by atoms with E-state index >= 15 is 0 Å². The first kappa shape index (κ1) is 17.0. The van der Waals surface area contributed by atoms with Gasteiger partial charge in [-0.25, -0.2) is 5.43 Å². The summed E-state index contributed by atoms with van der Waals surface area (Å²) in [5.41, 5.74) is 6.51. The molecule has 0 radical (unpaired) electrons. The predicted molar refractivity (Wildman–Crippen MR) is 98.8 cm³/mol. The van der Waals surface area contributed by atoms with Gasteiger partial charge in [-0.3, -0.25) is 4.79 Å². The highest BCUT2D eigenvalue weighted by molar-refractivity contribution is 5.95. The van der Waals surface area contributed by atoms with Crippen molar-refractivity contribution in [2.75, 3.05) is 0 Å². The van der Waals surface area contributed by atoms with Crippen molar-refractivity contribution in [3.8, 4) is 23.1 Å². The molecule has 0 saturated heterocycles. The molecule has 3 aromatic rings. The summed E-state index contributed by atoms with van der Waals surface area (Å²) < 4.78 is 0. The highest BCUT2D eigenvalue weighted by Gasteiger charge is 2.09. The average Bonchev–Trinajstić information content (AvgIpc) is 3.03. The molecular weight excluding hydrogens is 328 g/mol. The van der Waals surface area contributed by atoms with E-state index in [0.29, 0.717) is 0 Å². The molecule has 6 nitrogen and oxygen atoms in total. The number of aromatic nitrogens is 1. The SMILES string of the molecule is Cc1[nH]c(-c2ccccc2)cc1C=NNC(=O)c1ccc(O)c(C#N)c1. The molecule has 1 heterocycles. The van der Waals surface area contributed by atoms with Crippen molar-refractivity contribution in [3.05, 3.63) is 77.0 Å². The largest absolute Gasteiger partial charge is 0.507 e. The molecule has 0 unspecified atom stereocenters. The number of hydrogen-bond acceptors (Lipinski definition) is 4. The molecule has 0 bridgehead atoms. The Balaban J connectivity index is 1.72. The lowest BCUT2D eigenvalue weighted by Crippen LogP contribution is -2.17. The van der Waals surface area contributed by atoms with Crippen LogP contribution in [0.3, 0.4) is 0 Å². The molecule has 1 aromatic heterocycles. The number of aryl methyl sites for hydroxylation is 1. The number of nitrogens with one attached hydrogen (secondary N) is 2. The van der Waals surface area contributed by atoms with Crippen molar-refractivity contribution in [1.29, 1.82) is 5.26 Å². The van der Waals surface area contributed by atoms with Gasteiger partial charge >= 0.3 is 0 Å². The second kappa shape index (κ2) is 7.36. The first-order valence-electron chi connectivity index (χ1n) is 7.90. The normalized spacial score (nSPS) is 10.6. The van der Waals surface area contributed by atoms with Crippen LogP contribution < -0.4 is 5.43 Å². The fourth-order valence-electron chi connectivity index (χ4n) is 2.47. The Bertz CT molecular complexity index is 1010. The zero-order valence-electron chi connectivity index (χ0n) is 14.0. The summed E-state index contributed by atoms with van der Waals surface area (Å²) >= 11 is 0. The van der Waals surface area contributed by atoms with Crippen molar-refractivity contribution in [2.24, 2.45) is 5.10 Å². The number of phenols is 1. The first-order chi connectivity index (χ1) is 12.6. The van der Waals surface area contributed by atoms with E-state index in [-0.39, 0.29) is 16.9 Å². The maximum Gasteiger partial charge on any atom is 0.271 e. The van der Waals surface area contributed by atoms with Crippen LogP contribution in [-0.4, -0.2) is 22.2 Å². The van der Waals surface area contributed by atoms with E-state index in [1.165, 1.54) is 18.2 Å². The molecule has 3 N–H and O–H groups in total. The number of carbonyl (C=O) groups is 1. The minimum absolute atomic E-state index is 0.0376. The second-order valence-electron chi connectivity index (χ2n) is 5.67. The van der Waals surface area contributed by atoms with Crippen molar-refractivity contribution in [2.45, 2.75) is 6.92 Å². The van der Waals surface area contributed by atoms with Crippen molar-refractivity contribution < 1.29 is 9.90 Å². The van der Waals surface area contributed by atoms with Gasteiger partial charge in [0.25, 0.3) is 5.91 Å². The Labute approximate surface area is 150 Å². The third-order valence-corrected chi connectivity index (χ3v) is 3.89. The van der Waals surface area contributed by atoms with Crippen LogP contribution in [0.4, 0.5) is 0 Å². The van der Waals surface area contributed by atoms with E-state index < -0.39 is 5.91 Å². The quantitative estimate of drug-likeness (QED) is 0.500. The zero-order chi connectivity index (χ0) is 18.5. The Morgan fingerprint density at radius 1 is 1.23 bits per heavy atom. The van der Waals surface area contributed by atoms with Crippen molar-refractivity contribution in [1.82, 2.24) is 10.4 Å². The molecule has 26 heavy (non-hydrogen) atoms. The van der Waals surface area contributed by atoms with E-state index in [2.05, 4.69) is 15.5 Å². The smallest absolute Gasteiger partial charge is 0.271 e. The fourth-order valence-corrected chi connectivity index (χ4v) is 2.47. The monoisotopic (exact) mass is 344 g/mol. The molecule has 0 saturated carbocycles. The maximum atomic E-state index is 12.1. The maximum absolute atomic E-state index is 12.1. The molecular formula is C20H16N4O2. The molecule has 6 heteroatoms. The lowest BCUT2D eigenvalue weighted by atomic mass is 10.1. The number of phenolic OH excluding ortho intramolecular Hbond substituents is 1. The third kappa shape index (κ3) is 3.62. The molecule has 0 fully saturated rings.